The van der Waals surface area contributed by atoms with Crippen LogP contribution in [0.1, 0.15) is 5.56 Å². The molecule has 0 aliphatic carbocycles. The number of rotatable bonds is 3. The number of amides is 4. The van der Waals surface area contributed by atoms with Crippen LogP contribution in [0.3, 0.4) is 0 Å². The maximum Gasteiger partial charge on any atom is 0.335 e. The number of anilines is 1. The number of hydrogen-bond donors (Lipinski definition) is 2. The predicted molar refractivity (Wildman–Crippen MR) is 108 cm³/mol. The Hall–Kier alpha value is -2.55. The first-order chi connectivity index (χ1) is 13.2. The Morgan fingerprint density at radius 3 is 2.43 bits per heavy atom. The smallest absolute Gasteiger partial charge is 0.335 e. The minimum absolute atomic E-state index is 0.0503. The molecule has 7 nitrogen and oxygen atoms in total. The van der Waals surface area contributed by atoms with Gasteiger partial charge in [0.2, 0.25) is 0 Å². The molecule has 1 saturated heterocycles. The normalized spacial score (nSPS) is 15.8. The molecule has 0 radical (unpaired) electrons. The number of nitrogens with zero attached hydrogens (tertiary/aromatic N) is 1. The van der Waals surface area contributed by atoms with Crippen molar-refractivity contribution in [3.8, 4) is 11.5 Å². The van der Waals surface area contributed by atoms with Crippen molar-refractivity contribution in [3.05, 3.63) is 56.0 Å². The van der Waals surface area contributed by atoms with Crippen LogP contribution in [0.15, 0.2) is 40.4 Å². The summed E-state index contributed by atoms with van der Waals surface area (Å²) in [5, 5.41) is 12.4. The summed E-state index contributed by atoms with van der Waals surface area (Å²) in [5.41, 5.74) is 0.230. The van der Waals surface area contributed by atoms with E-state index in [1.807, 2.05) is 0 Å². The predicted octanol–water partition coefficient (Wildman–Crippen LogP) is 4.14. The zero-order chi connectivity index (χ0) is 20.6. The van der Waals surface area contributed by atoms with E-state index in [1.165, 1.54) is 43.5 Å². The lowest BCUT2D eigenvalue weighted by molar-refractivity contribution is -0.122. The molecule has 144 valence electrons. The fourth-order valence-corrected chi connectivity index (χ4v) is 3.25. The van der Waals surface area contributed by atoms with Gasteiger partial charge in [-0.25, -0.2) is 9.69 Å². The van der Waals surface area contributed by atoms with Gasteiger partial charge in [-0.2, -0.15) is 0 Å². The summed E-state index contributed by atoms with van der Waals surface area (Å²) in [7, 11) is 1.33. The number of imide groups is 2. The van der Waals surface area contributed by atoms with Crippen LogP contribution in [-0.2, 0) is 9.59 Å². The highest BCUT2D eigenvalue weighted by Crippen LogP contribution is 2.42. The number of barbiturate groups is 1. The molecule has 1 aliphatic rings. The molecule has 2 N–H and O–H groups in total. The SMILES string of the molecule is COc1cc(/C=C2\C(=O)NC(=O)N(c3ccc(Cl)cc3)C2=O)c(Br)c(Cl)c1O. The maximum atomic E-state index is 12.9. The highest BCUT2D eigenvalue weighted by molar-refractivity contribution is 9.10. The van der Waals surface area contributed by atoms with Crippen molar-refractivity contribution < 1.29 is 24.2 Å². The number of benzene rings is 2. The van der Waals surface area contributed by atoms with Crippen LogP contribution in [0, 0.1) is 0 Å². The molecule has 1 fully saturated rings. The van der Waals surface area contributed by atoms with Crippen molar-refractivity contribution in [1.82, 2.24) is 5.32 Å². The number of hydrogen-bond acceptors (Lipinski definition) is 5. The fourth-order valence-electron chi connectivity index (χ4n) is 2.51. The second kappa shape index (κ2) is 7.83. The summed E-state index contributed by atoms with van der Waals surface area (Å²) in [6.07, 6.45) is 1.24. The number of phenolic OH excluding ortho intramolecular Hbond substituents is 1. The minimum Gasteiger partial charge on any atom is -0.503 e. The van der Waals surface area contributed by atoms with Crippen molar-refractivity contribution in [3.63, 3.8) is 0 Å². The lowest BCUT2D eigenvalue weighted by atomic mass is 10.1. The standard InChI is InChI=1S/C18H11BrCl2N2O5/c1-28-12-7-8(13(19)14(21)15(12)24)6-11-16(25)22-18(27)23(17(11)26)10-4-2-9(20)3-5-10/h2-7,24H,1H3,(H,22,25,27)/b11-6+. The third kappa shape index (κ3) is 3.58. The molecule has 28 heavy (non-hydrogen) atoms. The summed E-state index contributed by atoms with van der Waals surface area (Å²) in [5.74, 6) is -1.94. The van der Waals surface area contributed by atoms with Crippen LogP contribution < -0.4 is 15.0 Å². The second-order valence-electron chi connectivity index (χ2n) is 5.58. The van der Waals surface area contributed by atoms with Gasteiger partial charge >= 0.3 is 6.03 Å². The summed E-state index contributed by atoms with van der Waals surface area (Å²) >= 11 is 15.1. The molecule has 0 atom stereocenters. The van der Waals surface area contributed by atoms with E-state index in [1.54, 1.807) is 0 Å². The van der Waals surface area contributed by atoms with E-state index in [4.69, 9.17) is 27.9 Å². The van der Waals surface area contributed by atoms with Crippen molar-refractivity contribution in [2.75, 3.05) is 12.0 Å². The second-order valence-corrected chi connectivity index (χ2v) is 7.19. The van der Waals surface area contributed by atoms with Crippen molar-refractivity contribution in [1.29, 1.82) is 0 Å². The maximum absolute atomic E-state index is 12.9. The van der Waals surface area contributed by atoms with Crippen molar-refractivity contribution in [2.24, 2.45) is 0 Å². The molecule has 4 amide bonds. The molecule has 3 rings (SSSR count). The number of methoxy groups -OCH3 is 1. The van der Waals surface area contributed by atoms with Crippen LogP contribution in [0.2, 0.25) is 10.0 Å². The molecule has 0 saturated carbocycles. The first-order valence-corrected chi connectivity index (χ1v) is 9.21. The van der Waals surface area contributed by atoms with Gasteiger partial charge in [-0.3, -0.25) is 14.9 Å². The quantitative estimate of drug-likeness (QED) is 0.503. The van der Waals surface area contributed by atoms with Gasteiger partial charge < -0.3 is 9.84 Å². The Morgan fingerprint density at radius 2 is 1.82 bits per heavy atom. The molecule has 2 aromatic rings. The third-order valence-electron chi connectivity index (χ3n) is 3.88. The molecule has 0 aromatic heterocycles. The number of nitrogens with one attached hydrogen (secondary N) is 1. The Bertz CT molecular complexity index is 1040. The number of carbonyl (C=O) groups is 3. The Labute approximate surface area is 177 Å². The third-order valence-corrected chi connectivity index (χ3v) is 5.58. The van der Waals surface area contributed by atoms with Gasteiger partial charge in [0.1, 0.15) is 10.6 Å². The van der Waals surface area contributed by atoms with E-state index in [-0.39, 0.29) is 32.3 Å². The van der Waals surface area contributed by atoms with Crippen LogP contribution in [0.4, 0.5) is 10.5 Å². The van der Waals surface area contributed by atoms with Crippen LogP contribution >= 0.6 is 39.1 Å². The lowest BCUT2D eigenvalue weighted by Gasteiger charge is -2.26. The first kappa shape index (κ1) is 20.2. The molecule has 1 heterocycles. The molecule has 0 bridgehead atoms. The van der Waals surface area contributed by atoms with E-state index >= 15 is 0 Å². The lowest BCUT2D eigenvalue weighted by Crippen LogP contribution is -2.54. The average Bonchev–Trinajstić information content (AvgIpc) is 2.66. The number of aromatic hydroxyl groups is 1. The number of carbonyl (C=O) groups excluding carboxylic acids is 3. The topological polar surface area (TPSA) is 95.9 Å². The summed E-state index contributed by atoms with van der Waals surface area (Å²) in [4.78, 5) is 38.1. The van der Waals surface area contributed by atoms with Gasteiger partial charge in [0.25, 0.3) is 11.8 Å². The fraction of sp³-hybridized carbons (Fsp3) is 0.0556. The number of ether oxygens (including phenoxy) is 1. The van der Waals surface area contributed by atoms with Gasteiger partial charge in [-0.1, -0.05) is 23.2 Å². The molecule has 2 aromatic carbocycles. The Kier molecular flexibility index (Phi) is 5.64. The molecule has 1 aliphatic heterocycles. The van der Waals surface area contributed by atoms with E-state index in [2.05, 4.69) is 21.2 Å². The Balaban J connectivity index is 2.09. The summed E-state index contributed by atoms with van der Waals surface area (Å²) < 4.78 is 5.28. The Morgan fingerprint density at radius 1 is 1.18 bits per heavy atom. The van der Waals surface area contributed by atoms with E-state index in [0.29, 0.717) is 10.6 Å². The van der Waals surface area contributed by atoms with Gasteiger partial charge in [-0.15, -0.1) is 0 Å². The largest absolute Gasteiger partial charge is 0.503 e. The molecule has 10 heteroatoms. The van der Waals surface area contributed by atoms with Crippen LogP contribution in [0.5, 0.6) is 11.5 Å². The molecular weight excluding hydrogens is 475 g/mol. The van der Waals surface area contributed by atoms with Gasteiger partial charge in [0, 0.05) is 9.50 Å². The highest BCUT2D eigenvalue weighted by Gasteiger charge is 2.37. The molecule has 0 unspecified atom stereocenters. The average molecular weight is 486 g/mol. The molecular formula is C18H11BrCl2N2O5. The van der Waals surface area contributed by atoms with E-state index in [0.717, 1.165) is 4.90 Å². The van der Waals surface area contributed by atoms with Crippen LogP contribution in [0.25, 0.3) is 6.08 Å². The van der Waals surface area contributed by atoms with E-state index < -0.39 is 17.8 Å². The zero-order valence-electron chi connectivity index (χ0n) is 14.1. The van der Waals surface area contributed by atoms with Gasteiger partial charge in [-0.05, 0) is 57.9 Å². The minimum atomic E-state index is -0.880. The van der Waals surface area contributed by atoms with Gasteiger partial charge in [0.05, 0.1) is 12.8 Å². The number of halogens is 3. The van der Waals surface area contributed by atoms with E-state index in [9.17, 15) is 19.5 Å². The summed E-state index contributed by atoms with van der Waals surface area (Å²) in [6.45, 7) is 0. The molecule has 0 spiro atoms. The first-order valence-electron chi connectivity index (χ1n) is 7.66. The van der Waals surface area contributed by atoms with Crippen molar-refractivity contribution >= 4 is 68.7 Å². The van der Waals surface area contributed by atoms with Gasteiger partial charge in [0.15, 0.2) is 11.5 Å². The zero-order valence-corrected chi connectivity index (χ0v) is 17.2. The van der Waals surface area contributed by atoms with Crippen molar-refractivity contribution in [2.45, 2.75) is 0 Å². The van der Waals surface area contributed by atoms with Crippen LogP contribution in [-0.4, -0.2) is 30.1 Å². The monoisotopic (exact) mass is 484 g/mol. The number of urea groups is 1. The highest BCUT2D eigenvalue weighted by atomic mass is 79.9. The number of phenols is 1. The summed E-state index contributed by atoms with van der Waals surface area (Å²) in [6, 6.07) is 6.49.